The van der Waals surface area contributed by atoms with Crippen LogP contribution in [0, 0.1) is 0 Å². The Morgan fingerprint density at radius 1 is 0.870 bits per heavy atom. The van der Waals surface area contributed by atoms with Crippen LogP contribution in [0.1, 0.15) is 22.7 Å². The van der Waals surface area contributed by atoms with Gasteiger partial charge in [0.25, 0.3) is 0 Å². The van der Waals surface area contributed by atoms with Gasteiger partial charge < -0.3 is 5.73 Å². The lowest BCUT2D eigenvalue weighted by Gasteiger charge is -2.26. The van der Waals surface area contributed by atoms with Crippen LogP contribution in [-0.2, 0) is 6.42 Å². The van der Waals surface area contributed by atoms with Crippen LogP contribution in [-0.4, -0.2) is 12.1 Å². The van der Waals surface area contributed by atoms with E-state index in [1.165, 1.54) is 12.1 Å². The normalized spacial score (nSPS) is 14.7. The molecule has 0 spiro atoms. The highest BCUT2D eigenvalue weighted by Crippen LogP contribution is 2.45. The lowest BCUT2D eigenvalue weighted by atomic mass is 9.96. The first kappa shape index (κ1) is 17.7. The molecule has 2 aromatic rings. The van der Waals surface area contributed by atoms with Gasteiger partial charge in [0.2, 0.25) is 0 Å². The second-order valence-corrected chi connectivity index (χ2v) is 5.35. The third kappa shape index (κ3) is 2.81. The standard InChI is InChI=1S/C16H12F5N.ClH/c17-15(18,16(19,20)21)14(22)10-5-6-13-11(8-10)7-9-3-1-2-4-12(9)13;/h1-6,8,14H,7,22H2;1H/t14-;/m0./s1. The zero-order valence-electron chi connectivity index (χ0n) is 11.7. The molecule has 3 rings (SSSR count). The van der Waals surface area contributed by atoms with E-state index in [0.29, 0.717) is 12.0 Å². The summed E-state index contributed by atoms with van der Waals surface area (Å²) in [5.41, 5.74) is 8.53. The third-order valence-electron chi connectivity index (χ3n) is 3.95. The van der Waals surface area contributed by atoms with E-state index in [2.05, 4.69) is 0 Å². The largest absolute Gasteiger partial charge is 0.455 e. The van der Waals surface area contributed by atoms with Crippen LogP contribution in [0.2, 0.25) is 0 Å². The lowest BCUT2D eigenvalue weighted by molar-refractivity contribution is -0.291. The predicted molar refractivity (Wildman–Crippen MR) is 79.9 cm³/mol. The maximum absolute atomic E-state index is 13.4. The first-order chi connectivity index (χ1) is 10.2. The van der Waals surface area contributed by atoms with Crippen molar-refractivity contribution in [3.63, 3.8) is 0 Å². The third-order valence-corrected chi connectivity index (χ3v) is 3.95. The van der Waals surface area contributed by atoms with Crippen molar-refractivity contribution in [3.05, 3.63) is 59.2 Å². The molecule has 0 aliphatic heterocycles. The molecule has 0 amide bonds. The highest BCUT2D eigenvalue weighted by atomic mass is 35.5. The first-order valence-electron chi connectivity index (χ1n) is 6.63. The van der Waals surface area contributed by atoms with E-state index in [1.807, 2.05) is 24.3 Å². The fourth-order valence-corrected chi connectivity index (χ4v) is 2.74. The lowest BCUT2D eigenvalue weighted by Crippen LogP contribution is -2.45. The van der Waals surface area contributed by atoms with Gasteiger partial charge in [-0.1, -0.05) is 42.5 Å². The van der Waals surface area contributed by atoms with Crippen LogP contribution < -0.4 is 5.73 Å². The highest BCUT2D eigenvalue weighted by Gasteiger charge is 2.61. The van der Waals surface area contributed by atoms with E-state index in [4.69, 9.17) is 5.73 Å². The number of alkyl halides is 5. The SMILES string of the molecule is Cl.N[C@@H](c1ccc2c(c1)Cc1ccccc1-2)C(F)(F)C(F)(F)F. The summed E-state index contributed by atoms with van der Waals surface area (Å²) < 4.78 is 64.0. The molecule has 1 atom stereocenters. The Labute approximate surface area is 135 Å². The molecule has 0 aromatic heterocycles. The van der Waals surface area contributed by atoms with E-state index in [9.17, 15) is 22.0 Å². The van der Waals surface area contributed by atoms with E-state index in [1.54, 1.807) is 6.07 Å². The predicted octanol–water partition coefficient (Wildman–Crippen LogP) is 4.88. The van der Waals surface area contributed by atoms with Gasteiger partial charge in [-0.3, -0.25) is 0 Å². The summed E-state index contributed by atoms with van der Waals surface area (Å²) >= 11 is 0. The molecule has 0 radical (unpaired) electrons. The zero-order chi connectivity index (χ0) is 16.1. The van der Waals surface area contributed by atoms with Crippen LogP contribution in [0.4, 0.5) is 22.0 Å². The molecular weight excluding hydrogens is 337 g/mol. The second-order valence-electron chi connectivity index (χ2n) is 5.35. The van der Waals surface area contributed by atoms with Gasteiger partial charge >= 0.3 is 12.1 Å². The van der Waals surface area contributed by atoms with Crippen molar-refractivity contribution < 1.29 is 22.0 Å². The van der Waals surface area contributed by atoms with Crippen molar-refractivity contribution in [3.8, 4) is 11.1 Å². The highest BCUT2D eigenvalue weighted by molar-refractivity contribution is 5.85. The molecule has 7 heteroatoms. The van der Waals surface area contributed by atoms with Crippen molar-refractivity contribution in [1.82, 2.24) is 0 Å². The molecular formula is C16H13ClF5N. The van der Waals surface area contributed by atoms with E-state index in [-0.39, 0.29) is 18.0 Å². The number of benzene rings is 2. The fourth-order valence-electron chi connectivity index (χ4n) is 2.74. The average molecular weight is 350 g/mol. The van der Waals surface area contributed by atoms with Crippen molar-refractivity contribution in [2.45, 2.75) is 24.6 Å². The molecule has 0 bridgehead atoms. The number of halogens is 6. The summed E-state index contributed by atoms with van der Waals surface area (Å²) in [6, 6.07) is 9.24. The minimum atomic E-state index is -5.67. The molecule has 2 aromatic carbocycles. The molecule has 1 nitrogen and oxygen atoms in total. The van der Waals surface area contributed by atoms with E-state index in [0.717, 1.165) is 16.7 Å². The van der Waals surface area contributed by atoms with Crippen LogP contribution in [0.5, 0.6) is 0 Å². The summed E-state index contributed by atoms with van der Waals surface area (Å²) in [6.45, 7) is 0. The van der Waals surface area contributed by atoms with E-state index >= 15 is 0 Å². The minimum absolute atomic E-state index is 0. The Morgan fingerprint density at radius 2 is 1.48 bits per heavy atom. The van der Waals surface area contributed by atoms with Crippen LogP contribution >= 0.6 is 12.4 Å². The number of hydrogen-bond donors (Lipinski definition) is 1. The smallest absolute Gasteiger partial charge is 0.319 e. The van der Waals surface area contributed by atoms with Gasteiger partial charge in [0, 0.05) is 0 Å². The fraction of sp³-hybridized carbons (Fsp3) is 0.250. The van der Waals surface area contributed by atoms with Crippen molar-refractivity contribution >= 4 is 12.4 Å². The molecule has 0 saturated carbocycles. The van der Waals surface area contributed by atoms with Crippen molar-refractivity contribution in [1.29, 1.82) is 0 Å². The van der Waals surface area contributed by atoms with Crippen molar-refractivity contribution in [2.24, 2.45) is 5.73 Å². The van der Waals surface area contributed by atoms with E-state index < -0.39 is 18.1 Å². The van der Waals surface area contributed by atoms with Crippen LogP contribution in [0.15, 0.2) is 42.5 Å². The molecule has 2 N–H and O–H groups in total. The minimum Gasteiger partial charge on any atom is -0.319 e. The van der Waals surface area contributed by atoms with Gasteiger partial charge in [-0.15, -0.1) is 12.4 Å². The summed E-state index contributed by atoms with van der Waals surface area (Å²) in [6.07, 6.45) is -5.17. The maximum atomic E-state index is 13.4. The van der Waals surface area contributed by atoms with Gasteiger partial charge in [-0.2, -0.15) is 22.0 Å². The second kappa shape index (κ2) is 5.76. The first-order valence-corrected chi connectivity index (χ1v) is 6.63. The Balaban J connectivity index is 0.00000192. The summed E-state index contributed by atoms with van der Waals surface area (Å²) in [4.78, 5) is 0. The molecule has 1 aliphatic carbocycles. The maximum Gasteiger partial charge on any atom is 0.455 e. The molecule has 0 unspecified atom stereocenters. The number of nitrogens with two attached hydrogens (primary N) is 1. The van der Waals surface area contributed by atoms with Gasteiger partial charge in [-0.05, 0) is 34.2 Å². The van der Waals surface area contributed by atoms with Gasteiger partial charge in [0.1, 0.15) is 6.04 Å². The molecule has 124 valence electrons. The summed E-state index contributed by atoms with van der Waals surface area (Å²) in [7, 11) is 0. The van der Waals surface area contributed by atoms with Crippen LogP contribution in [0.3, 0.4) is 0 Å². The Morgan fingerprint density at radius 3 is 2.13 bits per heavy atom. The van der Waals surface area contributed by atoms with Crippen molar-refractivity contribution in [2.75, 3.05) is 0 Å². The average Bonchev–Trinajstić information content (AvgIpc) is 2.82. The molecule has 1 aliphatic rings. The molecule has 0 heterocycles. The number of hydrogen-bond acceptors (Lipinski definition) is 1. The Hall–Kier alpha value is -1.66. The zero-order valence-corrected chi connectivity index (χ0v) is 12.5. The summed E-state index contributed by atoms with van der Waals surface area (Å²) in [5.74, 6) is -4.97. The molecule has 23 heavy (non-hydrogen) atoms. The van der Waals surface area contributed by atoms with Gasteiger partial charge in [-0.25, -0.2) is 0 Å². The Kier molecular flexibility index (Phi) is 4.43. The topological polar surface area (TPSA) is 26.0 Å². The number of fused-ring (bicyclic) bond motifs is 3. The monoisotopic (exact) mass is 349 g/mol. The number of rotatable bonds is 2. The van der Waals surface area contributed by atoms with Gasteiger partial charge in [0.15, 0.2) is 0 Å². The Bertz CT molecular complexity index is 727. The quantitative estimate of drug-likeness (QED) is 0.656. The molecule has 0 fully saturated rings. The van der Waals surface area contributed by atoms with Crippen LogP contribution in [0.25, 0.3) is 11.1 Å². The summed E-state index contributed by atoms with van der Waals surface area (Å²) in [5, 5.41) is 0. The molecule has 0 saturated heterocycles. The van der Waals surface area contributed by atoms with Gasteiger partial charge in [0.05, 0.1) is 0 Å².